The van der Waals surface area contributed by atoms with E-state index in [0.29, 0.717) is 42.7 Å². The van der Waals surface area contributed by atoms with Crippen LogP contribution in [0.5, 0.6) is 11.5 Å². The molecule has 2 aromatic carbocycles. The Balaban J connectivity index is 1.41. The van der Waals surface area contributed by atoms with Gasteiger partial charge in [-0.25, -0.2) is 0 Å². The van der Waals surface area contributed by atoms with Gasteiger partial charge in [0.2, 0.25) is 0 Å². The van der Waals surface area contributed by atoms with Gasteiger partial charge in [-0.15, -0.1) is 0 Å². The first-order valence-corrected chi connectivity index (χ1v) is 10.2. The smallest absolute Gasteiger partial charge is 0.254 e. The summed E-state index contributed by atoms with van der Waals surface area (Å²) in [6, 6.07) is 14.4. The molecule has 28 heavy (non-hydrogen) atoms. The van der Waals surface area contributed by atoms with Crippen molar-refractivity contribution in [2.75, 3.05) is 31.6 Å². The number of ether oxygens (including phenoxy) is 2. The van der Waals surface area contributed by atoms with Gasteiger partial charge in [-0.3, -0.25) is 4.79 Å². The molecule has 5 heteroatoms. The van der Waals surface area contributed by atoms with Crippen molar-refractivity contribution in [3.8, 4) is 11.5 Å². The van der Waals surface area contributed by atoms with Crippen LogP contribution in [0.25, 0.3) is 0 Å². The van der Waals surface area contributed by atoms with E-state index in [1.165, 1.54) is 5.56 Å². The van der Waals surface area contributed by atoms with Gasteiger partial charge < -0.3 is 19.7 Å². The van der Waals surface area contributed by atoms with Crippen molar-refractivity contribution >= 4 is 11.6 Å². The van der Waals surface area contributed by atoms with Gasteiger partial charge in [0.15, 0.2) is 11.5 Å². The molecule has 0 aromatic heterocycles. The molecule has 1 atom stereocenters. The zero-order valence-electron chi connectivity index (χ0n) is 16.6. The summed E-state index contributed by atoms with van der Waals surface area (Å²) in [6.07, 6.45) is 2.06. The summed E-state index contributed by atoms with van der Waals surface area (Å²) in [4.78, 5) is 14.9. The largest absolute Gasteiger partial charge is 0.486 e. The number of amides is 1. The van der Waals surface area contributed by atoms with E-state index in [-0.39, 0.29) is 11.9 Å². The summed E-state index contributed by atoms with van der Waals surface area (Å²) in [5.74, 6) is 1.96. The minimum Gasteiger partial charge on any atom is -0.486 e. The maximum absolute atomic E-state index is 13.0. The van der Waals surface area contributed by atoms with Crippen LogP contribution in [0.3, 0.4) is 0 Å². The first kappa shape index (κ1) is 18.7. The molecule has 1 amide bonds. The summed E-state index contributed by atoms with van der Waals surface area (Å²) in [5.41, 5.74) is 3.11. The minimum atomic E-state index is 0.0543. The Kier molecular flexibility index (Phi) is 5.42. The standard InChI is InChI=1S/C23H28N2O3/c1-16(2)17-5-8-19(9-6-17)24-20-4-3-11-25(15-20)23(26)18-7-10-21-22(14-18)28-13-12-27-21/h5-10,14,16,20,24H,3-4,11-13,15H2,1-2H3. The molecule has 2 aliphatic heterocycles. The van der Waals surface area contributed by atoms with Gasteiger partial charge in [-0.2, -0.15) is 0 Å². The number of anilines is 1. The Morgan fingerprint density at radius 3 is 2.57 bits per heavy atom. The third-order valence-electron chi connectivity index (χ3n) is 5.45. The van der Waals surface area contributed by atoms with E-state index >= 15 is 0 Å². The van der Waals surface area contributed by atoms with Crippen molar-refractivity contribution in [3.63, 3.8) is 0 Å². The lowest BCUT2D eigenvalue weighted by Crippen LogP contribution is -2.45. The van der Waals surface area contributed by atoms with Crippen molar-refractivity contribution in [1.82, 2.24) is 4.90 Å². The molecule has 1 N–H and O–H groups in total. The van der Waals surface area contributed by atoms with Gasteiger partial charge in [0.05, 0.1) is 0 Å². The zero-order valence-corrected chi connectivity index (χ0v) is 16.6. The second-order valence-corrected chi connectivity index (χ2v) is 7.87. The highest BCUT2D eigenvalue weighted by atomic mass is 16.6. The third-order valence-corrected chi connectivity index (χ3v) is 5.45. The number of carbonyl (C=O) groups excluding carboxylic acids is 1. The van der Waals surface area contributed by atoms with Crippen LogP contribution in [0.2, 0.25) is 0 Å². The lowest BCUT2D eigenvalue weighted by Gasteiger charge is -2.34. The molecule has 5 nitrogen and oxygen atoms in total. The van der Waals surface area contributed by atoms with E-state index < -0.39 is 0 Å². The Morgan fingerprint density at radius 1 is 1.07 bits per heavy atom. The van der Waals surface area contributed by atoms with E-state index in [0.717, 1.165) is 25.1 Å². The normalized spacial score (nSPS) is 18.8. The minimum absolute atomic E-state index is 0.0543. The van der Waals surface area contributed by atoms with Gasteiger partial charge >= 0.3 is 0 Å². The monoisotopic (exact) mass is 380 g/mol. The van der Waals surface area contributed by atoms with Crippen LogP contribution in [0.4, 0.5) is 5.69 Å². The van der Waals surface area contributed by atoms with Gasteiger partial charge in [0, 0.05) is 30.4 Å². The van der Waals surface area contributed by atoms with E-state index in [4.69, 9.17) is 9.47 Å². The van der Waals surface area contributed by atoms with E-state index in [2.05, 4.69) is 43.4 Å². The molecular weight excluding hydrogens is 352 g/mol. The Morgan fingerprint density at radius 2 is 1.82 bits per heavy atom. The quantitative estimate of drug-likeness (QED) is 0.859. The molecule has 0 aliphatic carbocycles. The Bertz CT molecular complexity index is 832. The molecule has 2 aromatic rings. The third kappa shape index (κ3) is 4.08. The zero-order chi connectivity index (χ0) is 19.5. The van der Waals surface area contributed by atoms with E-state index in [9.17, 15) is 4.79 Å². The number of piperidine rings is 1. The summed E-state index contributed by atoms with van der Waals surface area (Å²) >= 11 is 0. The Labute approximate surface area is 166 Å². The topological polar surface area (TPSA) is 50.8 Å². The molecule has 0 spiro atoms. The first-order valence-electron chi connectivity index (χ1n) is 10.2. The lowest BCUT2D eigenvalue weighted by molar-refractivity contribution is 0.0713. The number of hydrogen-bond donors (Lipinski definition) is 1. The molecule has 0 bridgehead atoms. The average Bonchev–Trinajstić information content (AvgIpc) is 2.73. The Hall–Kier alpha value is -2.69. The van der Waals surface area contributed by atoms with Crippen molar-refractivity contribution in [1.29, 1.82) is 0 Å². The highest BCUT2D eigenvalue weighted by molar-refractivity contribution is 5.95. The predicted octanol–water partition coefficient (Wildman–Crippen LogP) is 4.30. The number of nitrogens with zero attached hydrogens (tertiary/aromatic N) is 1. The van der Waals surface area contributed by atoms with Crippen molar-refractivity contribution in [3.05, 3.63) is 53.6 Å². The average molecular weight is 380 g/mol. The number of rotatable bonds is 4. The molecule has 1 fully saturated rings. The fourth-order valence-electron chi connectivity index (χ4n) is 3.84. The van der Waals surface area contributed by atoms with Crippen molar-refractivity contribution < 1.29 is 14.3 Å². The molecule has 1 unspecified atom stereocenters. The van der Waals surface area contributed by atoms with Crippen LogP contribution >= 0.6 is 0 Å². The van der Waals surface area contributed by atoms with Crippen LogP contribution in [-0.4, -0.2) is 43.2 Å². The SMILES string of the molecule is CC(C)c1ccc(NC2CCCN(C(=O)c3ccc4c(c3)OCCO4)C2)cc1. The number of benzene rings is 2. The predicted molar refractivity (Wildman–Crippen MR) is 111 cm³/mol. The maximum atomic E-state index is 13.0. The van der Waals surface area contributed by atoms with Gasteiger partial charge in [-0.1, -0.05) is 26.0 Å². The molecule has 2 aliphatic rings. The van der Waals surface area contributed by atoms with Crippen molar-refractivity contribution in [2.24, 2.45) is 0 Å². The van der Waals surface area contributed by atoms with Gasteiger partial charge in [-0.05, 0) is 54.7 Å². The number of fused-ring (bicyclic) bond motifs is 1. The lowest BCUT2D eigenvalue weighted by atomic mass is 10.0. The van der Waals surface area contributed by atoms with Crippen LogP contribution in [0.1, 0.15) is 48.5 Å². The first-order chi connectivity index (χ1) is 13.6. The molecular formula is C23H28N2O3. The number of carbonyl (C=O) groups is 1. The molecule has 4 rings (SSSR count). The number of nitrogens with one attached hydrogen (secondary N) is 1. The summed E-state index contributed by atoms with van der Waals surface area (Å²) in [6.45, 7) is 6.97. The highest BCUT2D eigenvalue weighted by Gasteiger charge is 2.25. The van der Waals surface area contributed by atoms with Crippen LogP contribution in [0, 0.1) is 0 Å². The van der Waals surface area contributed by atoms with Crippen molar-refractivity contribution in [2.45, 2.75) is 38.6 Å². The van der Waals surface area contributed by atoms with E-state index in [1.807, 2.05) is 17.0 Å². The van der Waals surface area contributed by atoms with E-state index in [1.54, 1.807) is 6.07 Å². The van der Waals surface area contributed by atoms with Crippen LogP contribution in [-0.2, 0) is 0 Å². The highest BCUT2D eigenvalue weighted by Crippen LogP contribution is 2.31. The molecule has 0 saturated carbocycles. The fourth-order valence-corrected chi connectivity index (χ4v) is 3.84. The fraction of sp³-hybridized carbons (Fsp3) is 0.435. The number of hydrogen-bond acceptors (Lipinski definition) is 4. The number of likely N-dealkylation sites (tertiary alicyclic amines) is 1. The second-order valence-electron chi connectivity index (χ2n) is 7.87. The molecule has 148 valence electrons. The second kappa shape index (κ2) is 8.13. The molecule has 2 heterocycles. The maximum Gasteiger partial charge on any atom is 0.254 e. The summed E-state index contributed by atoms with van der Waals surface area (Å²) < 4.78 is 11.2. The summed E-state index contributed by atoms with van der Waals surface area (Å²) in [7, 11) is 0. The van der Waals surface area contributed by atoms with Gasteiger partial charge in [0.25, 0.3) is 5.91 Å². The molecule has 0 radical (unpaired) electrons. The van der Waals surface area contributed by atoms with Crippen LogP contribution in [0.15, 0.2) is 42.5 Å². The van der Waals surface area contributed by atoms with Gasteiger partial charge in [0.1, 0.15) is 13.2 Å². The van der Waals surface area contributed by atoms with Crippen LogP contribution < -0.4 is 14.8 Å². The molecule has 1 saturated heterocycles. The summed E-state index contributed by atoms with van der Waals surface area (Å²) in [5, 5.41) is 3.59.